The van der Waals surface area contributed by atoms with E-state index < -0.39 is 0 Å². The number of carbonyl (C=O) groups is 1. The van der Waals surface area contributed by atoms with E-state index in [9.17, 15) is 9.18 Å². The second kappa shape index (κ2) is 7.96. The summed E-state index contributed by atoms with van der Waals surface area (Å²) < 4.78 is 16.2. The largest absolute Gasteiger partial charge is 0.331 e. The molecule has 0 bridgehead atoms. The molecular weight excluding hydrogens is 393 g/mol. The highest BCUT2D eigenvalue weighted by Gasteiger charge is 2.49. The number of carbonyl (C=O) groups excluding carboxylic acids is 1. The summed E-state index contributed by atoms with van der Waals surface area (Å²) in [6.07, 6.45) is 1.91. The molecule has 162 valence electrons. The van der Waals surface area contributed by atoms with Gasteiger partial charge in [0.15, 0.2) is 0 Å². The van der Waals surface area contributed by atoms with Crippen molar-refractivity contribution < 1.29 is 9.18 Å². The molecule has 2 amide bonds. The van der Waals surface area contributed by atoms with E-state index in [1.807, 2.05) is 35.5 Å². The van der Waals surface area contributed by atoms with E-state index in [0.29, 0.717) is 18.4 Å². The number of halogens is 1. The first kappa shape index (κ1) is 20.0. The second-order valence-electron chi connectivity index (χ2n) is 8.94. The number of hydrogen-bond donors (Lipinski definition) is 0. The fourth-order valence-electron chi connectivity index (χ4n) is 5.33. The average molecular weight is 422 g/mol. The maximum absolute atomic E-state index is 14.0. The van der Waals surface area contributed by atoms with Crippen LogP contribution in [0.2, 0.25) is 0 Å². The molecule has 2 fully saturated rings. The van der Waals surface area contributed by atoms with Gasteiger partial charge in [0.05, 0.1) is 23.4 Å². The fourth-order valence-corrected chi connectivity index (χ4v) is 5.33. The number of hydrogen-bond acceptors (Lipinski definition) is 3. The van der Waals surface area contributed by atoms with Gasteiger partial charge in [-0.1, -0.05) is 24.3 Å². The molecule has 2 saturated heterocycles. The van der Waals surface area contributed by atoms with E-state index >= 15 is 0 Å². The van der Waals surface area contributed by atoms with E-state index in [1.54, 1.807) is 31.1 Å². The highest BCUT2D eigenvalue weighted by molar-refractivity contribution is 5.75. The lowest BCUT2D eigenvalue weighted by molar-refractivity contribution is 0.152. The van der Waals surface area contributed by atoms with Crippen LogP contribution in [0.5, 0.6) is 0 Å². The minimum absolute atomic E-state index is 0.0000894. The molecule has 3 heterocycles. The SMILES string of the molecule is CN(C)C(=O)N1C[C@H]2CN(CCn3cnc4ccccc43)C[C@H]2[C@@H]1c1cccc(F)c1. The van der Waals surface area contributed by atoms with Crippen LogP contribution in [-0.4, -0.2) is 70.6 Å². The van der Waals surface area contributed by atoms with Crippen LogP contribution in [0.15, 0.2) is 54.9 Å². The highest BCUT2D eigenvalue weighted by Crippen LogP contribution is 2.45. The van der Waals surface area contributed by atoms with Crippen molar-refractivity contribution in [1.29, 1.82) is 0 Å². The van der Waals surface area contributed by atoms with Crippen LogP contribution in [0.1, 0.15) is 11.6 Å². The van der Waals surface area contributed by atoms with Crippen LogP contribution in [0.3, 0.4) is 0 Å². The van der Waals surface area contributed by atoms with Crippen molar-refractivity contribution in [3.8, 4) is 0 Å². The van der Waals surface area contributed by atoms with Gasteiger partial charge in [0.1, 0.15) is 5.82 Å². The summed E-state index contributed by atoms with van der Waals surface area (Å²) in [5.74, 6) is 0.460. The Kier molecular flexibility index (Phi) is 5.14. The third kappa shape index (κ3) is 3.67. The molecule has 0 saturated carbocycles. The Labute approximate surface area is 181 Å². The van der Waals surface area contributed by atoms with Gasteiger partial charge in [0.25, 0.3) is 0 Å². The molecule has 2 aliphatic heterocycles. The van der Waals surface area contributed by atoms with Gasteiger partial charge in [-0.3, -0.25) is 0 Å². The number of aromatic nitrogens is 2. The van der Waals surface area contributed by atoms with Gasteiger partial charge in [-0.15, -0.1) is 0 Å². The second-order valence-corrected chi connectivity index (χ2v) is 8.94. The van der Waals surface area contributed by atoms with Gasteiger partial charge in [-0.2, -0.15) is 0 Å². The predicted molar refractivity (Wildman–Crippen MR) is 118 cm³/mol. The van der Waals surface area contributed by atoms with Crippen molar-refractivity contribution >= 4 is 17.1 Å². The number of fused-ring (bicyclic) bond motifs is 2. The molecule has 2 aliphatic rings. The molecule has 1 aromatic heterocycles. The van der Waals surface area contributed by atoms with Gasteiger partial charge in [-0.05, 0) is 35.7 Å². The van der Waals surface area contributed by atoms with Crippen LogP contribution in [0.4, 0.5) is 9.18 Å². The number of urea groups is 1. The zero-order valence-corrected chi connectivity index (χ0v) is 18.0. The summed E-state index contributed by atoms with van der Waals surface area (Å²) in [4.78, 5) is 23.4. The summed E-state index contributed by atoms with van der Waals surface area (Å²) in [6.45, 7) is 4.40. The van der Waals surface area contributed by atoms with E-state index in [4.69, 9.17) is 0 Å². The molecule has 0 N–H and O–H groups in total. The molecule has 0 spiro atoms. The first-order valence-electron chi connectivity index (χ1n) is 10.9. The zero-order chi connectivity index (χ0) is 21.5. The summed E-state index contributed by atoms with van der Waals surface area (Å²) >= 11 is 0. The Balaban J connectivity index is 1.33. The molecule has 0 aliphatic carbocycles. The summed E-state index contributed by atoms with van der Waals surface area (Å²) in [7, 11) is 3.56. The van der Waals surface area contributed by atoms with Crippen LogP contribution < -0.4 is 0 Å². The number of rotatable bonds is 4. The van der Waals surface area contributed by atoms with Gasteiger partial charge in [-0.25, -0.2) is 14.2 Å². The molecular formula is C24H28FN5O. The third-order valence-electron chi connectivity index (χ3n) is 6.74. The van der Waals surface area contributed by atoms with E-state index in [-0.39, 0.29) is 17.9 Å². The Morgan fingerprint density at radius 1 is 1.10 bits per heavy atom. The lowest BCUT2D eigenvalue weighted by Gasteiger charge is -2.32. The number of likely N-dealkylation sites (tertiary alicyclic amines) is 2. The maximum Gasteiger partial charge on any atom is 0.320 e. The fraction of sp³-hybridized carbons (Fsp3) is 0.417. The number of nitrogens with zero attached hydrogens (tertiary/aromatic N) is 5. The first-order chi connectivity index (χ1) is 15.0. The third-order valence-corrected chi connectivity index (χ3v) is 6.74. The van der Waals surface area contributed by atoms with Gasteiger partial charge in [0.2, 0.25) is 0 Å². The monoisotopic (exact) mass is 421 g/mol. The molecule has 31 heavy (non-hydrogen) atoms. The van der Waals surface area contributed by atoms with Crippen LogP contribution in [-0.2, 0) is 6.54 Å². The van der Waals surface area contributed by atoms with Crippen LogP contribution in [0, 0.1) is 17.7 Å². The summed E-state index contributed by atoms with van der Waals surface area (Å²) in [5, 5.41) is 0. The highest BCUT2D eigenvalue weighted by atomic mass is 19.1. The average Bonchev–Trinajstić information content (AvgIpc) is 3.43. The Bertz CT molecular complexity index is 1100. The minimum Gasteiger partial charge on any atom is -0.331 e. The number of imidazole rings is 1. The topological polar surface area (TPSA) is 44.6 Å². The Hall–Kier alpha value is -2.93. The molecule has 7 heteroatoms. The quantitative estimate of drug-likeness (QED) is 0.648. The maximum atomic E-state index is 14.0. The van der Waals surface area contributed by atoms with E-state index in [0.717, 1.165) is 42.8 Å². The van der Waals surface area contributed by atoms with Crippen molar-refractivity contribution in [2.24, 2.45) is 11.8 Å². The number of amides is 2. The predicted octanol–water partition coefficient (Wildman–Crippen LogP) is 3.46. The molecule has 3 atom stereocenters. The van der Waals surface area contributed by atoms with Crippen molar-refractivity contribution in [1.82, 2.24) is 24.3 Å². The zero-order valence-electron chi connectivity index (χ0n) is 18.0. The smallest absolute Gasteiger partial charge is 0.320 e. The minimum atomic E-state index is -0.250. The van der Waals surface area contributed by atoms with Crippen LogP contribution in [0.25, 0.3) is 11.0 Å². The van der Waals surface area contributed by atoms with Gasteiger partial charge < -0.3 is 19.3 Å². The van der Waals surface area contributed by atoms with E-state index in [2.05, 4.69) is 20.5 Å². The van der Waals surface area contributed by atoms with Gasteiger partial charge in [0, 0.05) is 52.7 Å². The molecule has 2 aromatic carbocycles. The Morgan fingerprint density at radius 2 is 1.94 bits per heavy atom. The molecule has 0 unspecified atom stereocenters. The summed E-state index contributed by atoms with van der Waals surface area (Å²) in [6, 6.07) is 14.8. The van der Waals surface area contributed by atoms with Crippen LogP contribution >= 0.6 is 0 Å². The first-order valence-corrected chi connectivity index (χ1v) is 10.9. The van der Waals surface area contributed by atoms with E-state index in [1.165, 1.54) is 6.07 Å². The van der Waals surface area contributed by atoms with Crippen molar-refractivity contribution in [2.75, 3.05) is 40.3 Å². The molecule has 6 nitrogen and oxygen atoms in total. The number of para-hydroxylation sites is 2. The van der Waals surface area contributed by atoms with Crippen molar-refractivity contribution in [3.63, 3.8) is 0 Å². The standard InChI is InChI=1S/C24H28FN5O/c1-27(2)24(31)30-14-18-13-28(10-11-29-16-26-21-8-3-4-9-22(21)29)15-20(18)23(30)17-6-5-7-19(25)12-17/h3-9,12,16,18,20,23H,10-11,13-15H2,1-2H3/t18-,20-,23+/m1/s1. The lowest BCUT2D eigenvalue weighted by Crippen LogP contribution is -2.41. The van der Waals surface area contributed by atoms with Gasteiger partial charge >= 0.3 is 6.03 Å². The summed E-state index contributed by atoms with van der Waals surface area (Å²) in [5.41, 5.74) is 3.07. The van der Waals surface area contributed by atoms with Crippen molar-refractivity contribution in [2.45, 2.75) is 12.6 Å². The normalized spacial score (nSPS) is 23.5. The molecule has 5 rings (SSSR count). The molecule has 0 radical (unpaired) electrons. The lowest BCUT2D eigenvalue weighted by atomic mass is 9.89. The van der Waals surface area contributed by atoms with Crippen molar-refractivity contribution in [3.05, 3.63) is 66.2 Å². The Morgan fingerprint density at radius 3 is 2.74 bits per heavy atom. The number of benzene rings is 2. The molecule has 3 aromatic rings.